The number of nitrogens with zero attached hydrogens (tertiary/aromatic N) is 1. The van der Waals surface area contributed by atoms with E-state index >= 15 is 0 Å². The van der Waals surface area contributed by atoms with Crippen LogP contribution in [0.5, 0.6) is 5.75 Å². The first-order valence-corrected chi connectivity index (χ1v) is 10.6. The Labute approximate surface area is 160 Å². The van der Waals surface area contributed by atoms with Crippen LogP contribution in [0.4, 0.5) is 5.95 Å². The van der Waals surface area contributed by atoms with Crippen molar-refractivity contribution in [1.82, 2.24) is 9.97 Å². The summed E-state index contributed by atoms with van der Waals surface area (Å²) in [5.41, 5.74) is 3.01. The molecule has 1 amide bonds. The molecule has 4 rings (SSSR count). The Morgan fingerprint density at radius 3 is 2.69 bits per heavy atom. The largest absolute Gasteiger partial charge is 0.484 e. The number of benzene rings is 2. The van der Waals surface area contributed by atoms with Crippen molar-refractivity contribution in [2.75, 3.05) is 23.4 Å². The summed E-state index contributed by atoms with van der Waals surface area (Å²) < 4.78 is 6.10. The number of amides is 1. The molecule has 1 aromatic heterocycles. The molecule has 3 aromatic rings. The highest BCUT2D eigenvalue weighted by Crippen LogP contribution is 2.43. The maximum Gasteiger partial charge on any atom is 0.264 e. The third-order valence-corrected chi connectivity index (χ3v) is 7.01. The van der Waals surface area contributed by atoms with Crippen molar-refractivity contribution in [1.29, 1.82) is 0 Å². The molecule has 26 heavy (non-hydrogen) atoms. The van der Waals surface area contributed by atoms with E-state index in [-0.39, 0.29) is 12.5 Å². The van der Waals surface area contributed by atoms with E-state index in [1.54, 1.807) is 0 Å². The molecular formula is C19H19N3O2S2. The second-order valence-electron chi connectivity index (χ2n) is 5.94. The Hall–Kier alpha value is -2.12. The molecule has 1 saturated heterocycles. The molecule has 134 valence electrons. The lowest BCUT2D eigenvalue weighted by atomic mass is 10.2. The first-order valence-electron chi connectivity index (χ1n) is 8.48. The number of aromatic nitrogens is 2. The second kappa shape index (κ2) is 8.05. The van der Waals surface area contributed by atoms with Crippen LogP contribution < -0.4 is 10.1 Å². The molecule has 2 heterocycles. The van der Waals surface area contributed by atoms with Crippen LogP contribution in [0.15, 0.2) is 48.5 Å². The summed E-state index contributed by atoms with van der Waals surface area (Å²) in [7, 11) is 0. The van der Waals surface area contributed by atoms with Gasteiger partial charge in [-0.15, -0.1) is 23.5 Å². The van der Waals surface area contributed by atoms with Gasteiger partial charge in [0.1, 0.15) is 5.75 Å². The predicted octanol–water partition coefficient (Wildman–Crippen LogP) is 4.45. The Morgan fingerprint density at radius 2 is 1.92 bits per heavy atom. The fourth-order valence-corrected chi connectivity index (χ4v) is 5.62. The number of hydrogen-bond acceptors (Lipinski definition) is 5. The number of imidazole rings is 1. The SMILES string of the molecule is O=C(COc1ccc(C2SCCCS2)cc1)Nc1nc2ccccc2[nH]1. The van der Waals surface area contributed by atoms with E-state index in [2.05, 4.69) is 27.4 Å². The summed E-state index contributed by atoms with van der Waals surface area (Å²) in [6.07, 6.45) is 1.29. The number of rotatable bonds is 5. The van der Waals surface area contributed by atoms with Gasteiger partial charge in [-0.2, -0.15) is 0 Å². The van der Waals surface area contributed by atoms with Crippen LogP contribution in [0.3, 0.4) is 0 Å². The Morgan fingerprint density at radius 1 is 1.15 bits per heavy atom. The summed E-state index contributed by atoms with van der Waals surface area (Å²) in [5, 5.41) is 2.73. The lowest BCUT2D eigenvalue weighted by Crippen LogP contribution is -2.20. The Kier molecular flexibility index (Phi) is 5.36. The van der Waals surface area contributed by atoms with Crippen molar-refractivity contribution in [3.05, 3.63) is 54.1 Å². The van der Waals surface area contributed by atoms with E-state index in [9.17, 15) is 4.79 Å². The van der Waals surface area contributed by atoms with Gasteiger partial charge in [-0.05, 0) is 47.8 Å². The standard InChI is InChI=1S/C19H19N3O2S2/c23-17(22-19-20-15-4-1-2-5-16(15)21-19)12-24-14-8-6-13(7-9-14)18-25-10-3-11-26-18/h1-2,4-9,18H,3,10-12H2,(H2,20,21,22,23). The van der Waals surface area contributed by atoms with Crippen LogP contribution in [0.25, 0.3) is 11.0 Å². The highest BCUT2D eigenvalue weighted by Gasteiger charge is 2.16. The Bertz CT molecular complexity index is 856. The minimum Gasteiger partial charge on any atom is -0.484 e. The molecule has 7 heteroatoms. The van der Waals surface area contributed by atoms with Gasteiger partial charge < -0.3 is 9.72 Å². The number of carbonyl (C=O) groups excluding carboxylic acids is 1. The van der Waals surface area contributed by atoms with E-state index in [4.69, 9.17) is 4.74 Å². The average molecular weight is 386 g/mol. The van der Waals surface area contributed by atoms with E-state index in [1.165, 1.54) is 23.5 Å². The average Bonchev–Trinajstić information content (AvgIpc) is 3.09. The van der Waals surface area contributed by atoms with Gasteiger partial charge in [-0.25, -0.2) is 4.98 Å². The van der Waals surface area contributed by atoms with E-state index in [1.807, 2.05) is 59.9 Å². The number of nitrogens with one attached hydrogen (secondary N) is 2. The summed E-state index contributed by atoms with van der Waals surface area (Å²) in [4.78, 5) is 19.5. The number of thioether (sulfide) groups is 2. The van der Waals surface area contributed by atoms with Crippen molar-refractivity contribution < 1.29 is 9.53 Å². The molecule has 1 fully saturated rings. The quantitative estimate of drug-likeness (QED) is 0.679. The molecule has 0 radical (unpaired) electrons. The molecule has 0 unspecified atom stereocenters. The predicted molar refractivity (Wildman–Crippen MR) is 109 cm³/mol. The molecule has 1 aliphatic rings. The topological polar surface area (TPSA) is 67.0 Å². The molecule has 2 N–H and O–H groups in total. The van der Waals surface area contributed by atoms with Crippen LogP contribution in [0.1, 0.15) is 16.6 Å². The van der Waals surface area contributed by atoms with Gasteiger partial charge in [0.25, 0.3) is 5.91 Å². The second-order valence-corrected chi connectivity index (χ2v) is 8.66. The number of ether oxygens (including phenoxy) is 1. The third kappa shape index (κ3) is 4.16. The summed E-state index contributed by atoms with van der Waals surface area (Å²) in [5.74, 6) is 3.32. The fraction of sp³-hybridized carbons (Fsp3) is 0.263. The van der Waals surface area contributed by atoms with Gasteiger partial charge in [0, 0.05) is 0 Å². The molecule has 0 bridgehead atoms. The highest BCUT2D eigenvalue weighted by molar-refractivity contribution is 8.16. The normalized spacial score (nSPS) is 15.1. The van der Waals surface area contributed by atoms with Crippen LogP contribution >= 0.6 is 23.5 Å². The van der Waals surface area contributed by atoms with Crippen LogP contribution in [0.2, 0.25) is 0 Å². The van der Waals surface area contributed by atoms with Crippen LogP contribution in [-0.4, -0.2) is 34.0 Å². The molecule has 1 aliphatic heterocycles. The zero-order valence-electron chi connectivity index (χ0n) is 14.1. The number of anilines is 1. The third-order valence-electron chi connectivity index (χ3n) is 4.00. The van der Waals surface area contributed by atoms with Crippen molar-refractivity contribution >= 4 is 46.4 Å². The molecule has 5 nitrogen and oxygen atoms in total. The lowest BCUT2D eigenvalue weighted by Gasteiger charge is -2.21. The van der Waals surface area contributed by atoms with E-state index in [0.29, 0.717) is 16.3 Å². The van der Waals surface area contributed by atoms with Gasteiger partial charge in [0.15, 0.2) is 6.61 Å². The summed E-state index contributed by atoms with van der Waals surface area (Å²) >= 11 is 3.98. The molecule has 2 aromatic carbocycles. The van der Waals surface area contributed by atoms with Crippen molar-refractivity contribution in [3.63, 3.8) is 0 Å². The minimum absolute atomic E-state index is 0.0523. The summed E-state index contributed by atoms with van der Waals surface area (Å²) in [6.45, 7) is -0.0523. The minimum atomic E-state index is -0.244. The van der Waals surface area contributed by atoms with Crippen LogP contribution in [-0.2, 0) is 4.79 Å². The molecular weight excluding hydrogens is 366 g/mol. The van der Waals surface area contributed by atoms with E-state index < -0.39 is 0 Å². The molecule has 0 saturated carbocycles. The number of H-pyrrole nitrogens is 1. The Balaban J connectivity index is 1.31. The van der Waals surface area contributed by atoms with Gasteiger partial charge >= 0.3 is 0 Å². The van der Waals surface area contributed by atoms with Crippen LogP contribution in [0, 0.1) is 0 Å². The monoisotopic (exact) mass is 385 g/mol. The molecule has 0 atom stereocenters. The van der Waals surface area contributed by atoms with Crippen molar-refractivity contribution in [2.24, 2.45) is 0 Å². The zero-order valence-corrected chi connectivity index (χ0v) is 15.7. The maximum atomic E-state index is 12.1. The molecule has 0 spiro atoms. The number of hydrogen-bond donors (Lipinski definition) is 2. The fourth-order valence-electron chi connectivity index (χ4n) is 2.73. The van der Waals surface area contributed by atoms with Crippen molar-refractivity contribution in [2.45, 2.75) is 11.0 Å². The first-order chi connectivity index (χ1) is 12.8. The van der Waals surface area contributed by atoms with E-state index in [0.717, 1.165) is 11.0 Å². The van der Waals surface area contributed by atoms with Gasteiger partial charge in [-0.1, -0.05) is 24.3 Å². The number of aromatic amines is 1. The zero-order chi connectivity index (χ0) is 17.8. The van der Waals surface area contributed by atoms with Gasteiger partial charge in [0.05, 0.1) is 15.6 Å². The maximum absolute atomic E-state index is 12.1. The lowest BCUT2D eigenvalue weighted by molar-refractivity contribution is -0.118. The highest BCUT2D eigenvalue weighted by atomic mass is 32.2. The number of carbonyl (C=O) groups is 1. The summed E-state index contributed by atoms with van der Waals surface area (Å²) in [6, 6.07) is 15.7. The van der Waals surface area contributed by atoms with Crippen molar-refractivity contribution in [3.8, 4) is 5.75 Å². The van der Waals surface area contributed by atoms with Gasteiger partial charge in [0.2, 0.25) is 5.95 Å². The first kappa shape index (κ1) is 17.3. The smallest absolute Gasteiger partial charge is 0.264 e. The molecule has 0 aliphatic carbocycles. The van der Waals surface area contributed by atoms with Gasteiger partial charge in [-0.3, -0.25) is 10.1 Å². The number of fused-ring (bicyclic) bond motifs is 1. The number of para-hydroxylation sites is 2.